The van der Waals surface area contributed by atoms with Gasteiger partial charge in [-0.05, 0) is 55.3 Å². The number of nitrogens with one attached hydrogen (secondary N) is 1. The second-order valence-electron chi connectivity index (χ2n) is 7.62. The first kappa shape index (κ1) is 23.3. The second-order valence-corrected chi connectivity index (χ2v) is 9.52. The minimum absolute atomic E-state index is 0.189. The van der Waals surface area contributed by atoms with Crippen molar-refractivity contribution in [3.63, 3.8) is 0 Å². The van der Waals surface area contributed by atoms with Crippen molar-refractivity contribution in [3.8, 4) is 11.5 Å². The molecular weight excluding hydrogens is 424 g/mol. The molecule has 0 unspecified atom stereocenters. The maximum Gasteiger partial charge on any atom is 0.241 e. The number of anilines is 1. The summed E-state index contributed by atoms with van der Waals surface area (Å²) in [6.07, 6.45) is 1.78. The number of rotatable bonds is 9. The molecule has 3 aromatic rings. The van der Waals surface area contributed by atoms with E-state index in [0.717, 1.165) is 21.7 Å². The van der Waals surface area contributed by atoms with Gasteiger partial charge in [-0.25, -0.2) is 8.42 Å². The molecule has 0 fully saturated rings. The van der Waals surface area contributed by atoms with Crippen LogP contribution in [0.1, 0.15) is 30.5 Å². The van der Waals surface area contributed by atoms with E-state index in [9.17, 15) is 13.2 Å². The van der Waals surface area contributed by atoms with Crippen LogP contribution in [-0.2, 0) is 14.8 Å². The van der Waals surface area contributed by atoms with Crippen molar-refractivity contribution < 1.29 is 17.9 Å². The van der Waals surface area contributed by atoms with Crippen LogP contribution in [0.3, 0.4) is 0 Å². The molecule has 0 radical (unpaired) electrons. The van der Waals surface area contributed by atoms with Crippen molar-refractivity contribution in [2.24, 2.45) is 0 Å². The lowest BCUT2D eigenvalue weighted by atomic mass is 10.0. The van der Waals surface area contributed by atoms with Crippen LogP contribution in [0.15, 0.2) is 78.9 Å². The quantitative estimate of drug-likeness (QED) is 0.505. The number of nitrogens with zero attached hydrogens (tertiary/aromatic N) is 1. The molecule has 168 valence electrons. The Labute approximate surface area is 189 Å². The average molecular weight is 453 g/mol. The van der Waals surface area contributed by atoms with Crippen LogP contribution in [0.2, 0.25) is 0 Å². The molecule has 0 aromatic heterocycles. The summed E-state index contributed by atoms with van der Waals surface area (Å²) in [4.78, 5) is 12.7. The van der Waals surface area contributed by atoms with Gasteiger partial charge in [-0.15, -0.1) is 0 Å². The summed E-state index contributed by atoms with van der Waals surface area (Å²) in [5, 5.41) is 2.95. The fourth-order valence-corrected chi connectivity index (χ4v) is 4.15. The van der Waals surface area contributed by atoms with Gasteiger partial charge in [0.25, 0.3) is 0 Å². The molecule has 1 atom stereocenters. The molecule has 1 N–H and O–H groups in total. The van der Waals surface area contributed by atoms with Gasteiger partial charge in [0.1, 0.15) is 18.0 Å². The molecule has 1 amide bonds. The summed E-state index contributed by atoms with van der Waals surface area (Å²) in [7, 11) is -3.67. The van der Waals surface area contributed by atoms with Crippen LogP contribution in [0.4, 0.5) is 5.69 Å². The Bertz CT molecular complexity index is 1130. The summed E-state index contributed by atoms with van der Waals surface area (Å²) in [5.74, 6) is 0.886. The van der Waals surface area contributed by atoms with Gasteiger partial charge in [0.05, 0.1) is 18.0 Å². The van der Waals surface area contributed by atoms with E-state index in [1.54, 1.807) is 24.3 Å². The van der Waals surface area contributed by atoms with Crippen LogP contribution in [0, 0.1) is 6.92 Å². The molecule has 7 heteroatoms. The Balaban J connectivity index is 1.72. The molecule has 6 nitrogen and oxygen atoms in total. The number of benzene rings is 3. The summed E-state index contributed by atoms with van der Waals surface area (Å²) >= 11 is 0. The zero-order valence-corrected chi connectivity index (χ0v) is 19.3. The van der Waals surface area contributed by atoms with Crippen LogP contribution >= 0.6 is 0 Å². The Morgan fingerprint density at radius 1 is 0.938 bits per heavy atom. The Morgan fingerprint density at radius 3 is 2.09 bits per heavy atom. The first-order valence-corrected chi connectivity index (χ1v) is 12.3. The van der Waals surface area contributed by atoms with Gasteiger partial charge >= 0.3 is 0 Å². The van der Waals surface area contributed by atoms with E-state index in [1.807, 2.05) is 68.4 Å². The van der Waals surface area contributed by atoms with E-state index in [1.165, 1.54) is 0 Å². The fraction of sp³-hybridized carbons (Fsp3) is 0.240. The molecule has 0 aliphatic rings. The highest BCUT2D eigenvalue weighted by Gasteiger charge is 2.22. The molecule has 3 aromatic carbocycles. The normalized spacial score (nSPS) is 12.1. The predicted octanol–water partition coefficient (Wildman–Crippen LogP) is 4.82. The topological polar surface area (TPSA) is 75.7 Å². The van der Waals surface area contributed by atoms with Crippen molar-refractivity contribution >= 4 is 21.6 Å². The highest BCUT2D eigenvalue weighted by Crippen LogP contribution is 2.25. The SMILES string of the molecule is CC[C@@H](NC(=O)CN(c1ccc(Oc2ccccc2)cc1)S(C)(=O)=O)c1ccc(C)cc1. The van der Waals surface area contributed by atoms with Gasteiger partial charge in [0, 0.05) is 0 Å². The van der Waals surface area contributed by atoms with Gasteiger partial charge < -0.3 is 10.1 Å². The third-order valence-electron chi connectivity index (χ3n) is 5.01. The molecule has 0 saturated carbocycles. The molecule has 0 spiro atoms. The van der Waals surface area contributed by atoms with E-state index in [2.05, 4.69) is 5.32 Å². The third kappa shape index (κ3) is 6.34. The zero-order chi connectivity index (χ0) is 23.1. The molecule has 0 aliphatic carbocycles. The van der Waals surface area contributed by atoms with Crippen LogP contribution < -0.4 is 14.4 Å². The number of ether oxygens (including phenoxy) is 1. The van der Waals surface area contributed by atoms with Crippen LogP contribution in [-0.4, -0.2) is 27.1 Å². The largest absolute Gasteiger partial charge is 0.457 e. The van der Waals surface area contributed by atoms with Crippen molar-refractivity contribution in [1.29, 1.82) is 0 Å². The number of carbonyl (C=O) groups is 1. The average Bonchev–Trinajstić information content (AvgIpc) is 2.77. The third-order valence-corrected chi connectivity index (χ3v) is 6.15. The van der Waals surface area contributed by atoms with Crippen molar-refractivity contribution in [1.82, 2.24) is 5.32 Å². The highest BCUT2D eigenvalue weighted by molar-refractivity contribution is 7.92. The minimum Gasteiger partial charge on any atom is -0.457 e. The van der Waals surface area contributed by atoms with Gasteiger partial charge in [-0.1, -0.05) is 55.0 Å². The first-order chi connectivity index (χ1) is 15.3. The van der Waals surface area contributed by atoms with Gasteiger partial charge in [-0.3, -0.25) is 9.10 Å². The predicted molar refractivity (Wildman–Crippen MR) is 128 cm³/mol. The van der Waals surface area contributed by atoms with Gasteiger partial charge in [-0.2, -0.15) is 0 Å². The lowest BCUT2D eigenvalue weighted by Crippen LogP contribution is -2.41. The van der Waals surface area contributed by atoms with Crippen molar-refractivity contribution in [2.75, 3.05) is 17.1 Å². The zero-order valence-electron chi connectivity index (χ0n) is 18.5. The molecule has 3 rings (SSSR count). The molecule has 0 saturated heterocycles. The lowest BCUT2D eigenvalue weighted by molar-refractivity contribution is -0.120. The maximum atomic E-state index is 12.7. The second kappa shape index (κ2) is 10.3. The van der Waals surface area contributed by atoms with E-state index in [-0.39, 0.29) is 18.5 Å². The van der Waals surface area contributed by atoms with Crippen molar-refractivity contribution in [3.05, 3.63) is 90.0 Å². The number of hydrogen-bond donors (Lipinski definition) is 1. The summed E-state index contributed by atoms with van der Waals surface area (Å²) in [6.45, 7) is 3.67. The molecule has 0 aliphatic heterocycles. The highest BCUT2D eigenvalue weighted by atomic mass is 32.2. The Hall–Kier alpha value is -3.32. The summed E-state index contributed by atoms with van der Waals surface area (Å²) in [6, 6.07) is 23.7. The van der Waals surface area contributed by atoms with E-state index in [4.69, 9.17) is 4.74 Å². The lowest BCUT2D eigenvalue weighted by Gasteiger charge is -2.24. The number of hydrogen-bond acceptors (Lipinski definition) is 4. The fourth-order valence-electron chi connectivity index (χ4n) is 3.30. The molecule has 32 heavy (non-hydrogen) atoms. The molecule has 0 bridgehead atoms. The van der Waals surface area contributed by atoms with E-state index < -0.39 is 10.0 Å². The van der Waals surface area contributed by atoms with Gasteiger partial charge in [0.15, 0.2) is 0 Å². The first-order valence-electron chi connectivity index (χ1n) is 10.4. The number of aryl methyl sites for hydroxylation is 1. The molecule has 0 heterocycles. The van der Waals surface area contributed by atoms with Crippen LogP contribution in [0.25, 0.3) is 0 Å². The monoisotopic (exact) mass is 452 g/mol. The summed E-state index contributed by atoms with van der Waals surface area (Å²) in [5.41, 5.74) is 2.52. The number of sulfonamides is 1. The van der Waals surface area contributed by atoms with Gasteiger partial charge in [0.2, 0.25) is 15.9 Å². The van der Waals surface area contributed by atoms with E-state index in [0.29, 0.717) is 23.6 Å². The van der Waals surface area contributed by atoms with Crippen LogP contribution in [0.5, 0.6) is 11.5 Å². The van der Waals surface area contributed by atoms with Crippen molar-refractivity contribution in [2.45, 2.75) is 26.3 Å². The number of carbonyl (C=O) groups excluding carboxylic acids is 1. The maximum absolute atomic E-state index is 12.7. The molecular formula is C25H28N2O4S. The smallest absolute Gasteiger partial charge is 0.241 e. The standard InChI is InChI=1S/C25H28N2O4S/c1-4-24(20-12-10-19(2)11-13-20)26-25(28)18-27(32(3,29)30)21-14-16-23(17-15-21)31-22-8-6-5-7-9-22/h5-17,24H,4,18H2,1-3H3,(H,26,28)/t24-/m1/s1. The number of amides is 1. The van der Waals surface area contributed by atoms with E-state index >= 15 is 0 Å². The Morgan fingerprint density at radius 2 is 1.53 bits per heavy atom. The minimum atomic E-state index is -3.67. The number of para-hydroxylation sites is 1. The summed E-state index contributed by atoms with van der Waals surface area (Å²) < 4.78 is 31.7. The Kier molecular flexibility index (Phi) is 7.53.